The van der Waals surface area contributed by atoms with Gasteiger partial charge in [-0.15, -0.1) is 0 Å². The van der Waals surface area contributed by atoms with Crippen molar-refractivity contribution in [2.24, 2.45) is 5.92 Å². The van der Waals surface area contributed by atoms with E-state index >= 15 is 0 Å². The molecule has 3 fully saturated rings. The molecule has 1 unspecified atom stereocenters. The second-order valence-electron chi connectivity index (χ2n) is 13.3. The number of fused-ring (bicyclic) bond motifs is 2. The van der Waals surface area contributed by atoms with Crippen molar-refractivity contribution in [1.82, 2.24) is 25.0 Å². The van der Waals surface area contributed by atoms with E-state index in [-0.39, 0.29) is 41.4 Å². The second-order valence-corrected chi connectivity index (χ2v) is 15.6. The standard InChI is InChI=1S/C31H44ClN5O6S/c1-31(2,3)42-30(39)33-13-6-14-36-15-11-21(12-16-36)20-44(40,41)37-23-9-10-24(37)18-22(17-23)34-29(38)27-19-28(43-35-27)25-7-4-5-8-26(25)32/h4-5,7-8,19,21-24H,6,9-18,20H2,1-3H3,(H,33,39)(H,34,38)/t22?,23-,24+. The number of hydrogen-bond donors (Lipinski definition) is 2. The van der Waals surface area contributed by atoms with Gasteiger partial charge in [0, 0.05) is 36.3 Å². The van der Waals surface area contributed by atoms with Gasteiger partial charge in [0.25, 0.3) is 5.91 Å². The first-order valence-electron chi connectivity index (χ1n) is 15.6. The molecule has 0 aliphatic carbocycles. The van der Waals surface area contributed by atoms with Gasteiger partial charge in [-0.25, -0.2) is 13.2 Å². The van der Waals surface area contributed by atoms with E-state index in [0.717, 1.165) is 51.7 Å². The molecule has 3 saturated heterocycles. The number of ether oxygens (including phenoxy) is 1. The Morgan fingerprint density at radius 3 is 2.43 bits per heavy atom. The molecule has 2 amide bonds. The van der Waals surface area contributed by atoms with Crippen molar-refractivity contribution in [3.05, 3.63) is 41.0 Å². The van der Waals surface area contributed by atoms with Crippen LogP contribution in [0.4, 0.5) is 4.79 Å². The molecular formula is C31H44ClN5O6S. The number of carbonyl (C=O) groups is 2. The number of nitrogens with zero attached hydrogens (tertiary/aromatic N) is 3. The maximum Gasteiger partial charge on any atom is 0.407 e. The van der Waals surface area contributed by atoms with Crippen molar-refractivity contribution >= 4 is 33.6 Å². The number of sulfonamides is 1. The molecule has 2 bridgehead atoms. The average molecular weight is 650 g/mol. The minimum absolute atomic E-state index is 0.0994. The molecule has 2 aromatic rings. The number of nitrogens with one attached hydrogen (secondary N) is 2. The van der Waals surface area contributed by atoms with E-state index in [1.165, 1.54) is 0 Å². The van der Waals surface area contributed by atoms with Gasteiger partial charge in [0.1, 0.15) is 5.60 Å². The molecule has 11 nitrogen and oxygen atoms in total. The molecule has 5 rings (SSSR count). The molecule has 0 saturated carbocycles. The number of rotatable bonds is 10. The Labute approximate surface area is 265 Å². The van der Waals surface area contributed by atoms with Gasteiger partial charge in [-0.3, -0.25) is 4.79 Å². The van der Waals surface area contributed by atoms with Crippen LogP contribution in [0.15, 0.2) is 34.9 Å². The van der Waals surface area contributed by atoms with Crippen LogP contribution in [-0.2, 0) is 14.8 Å². The molecule has 0 radical (unpaired) electrons. The van der Waals surface area contributed by atoms with Gasteiger partial charge in [0.05, 0.1) is 10.8 Å². The molecule has 2 N–H and O–H groups in total. The minimum Gasteiger partial charge on any atom is -0.444 e. The highest BCUT2D eigenvalue weighted by atomic mass is 35.5. The summed E-state index contributed by atoms with van der Waals surface area (Å²) in [6.07, 6.45) is 4.90. The van der Waals surface area contributed by atoms with Crippen LogP contribution in [0.2, 0.25) is 5.02 Å². The van der Waals surface area contributed by atoms with E-state index in [0.29, 0.717) is 35.7 Å². The number of amides is 2. The molecule has 3 aliphatic heterocycles. The Morgan fingerprint density at radius 1 is 1.09 bits per heavy atom. The summed E-state index contributed by atoms with van der Waals surface area (Å²) in [6.45, 7) is 8.62. The Kier molecular flexibility index (Phi) is 10.2. The highest BCUT2D eigenvalue weighted by Crippen LogP contribution is 2.39. The van der Waals surface area contributed by atoms with Gasteiger partial charge in [0.15, 0.2) is 11.5 Å². The lowest BCUT2D eigenvalue weighted by molar-refractivity contribution is 0.0524. The van der Waals surface area contributed by atoms with Crippen molar-refractivity contribution in [3.8, 4) is 11.3 Å². The fourth-order valence-electron chi connectivity index (χ4n) is 6.70. The van der Waals surface area contributed by atoms with Crippen LogP contribution >= 0.6 is 11.6 Å². The number of benzene rings is 1. The summed E-state index contributed by atoms with van der Waals surface area (Å²) in [5.41, 5.74) is 0.322. The van der Waals surface area contributed by atoms with Crippen LogP contribution in [0.1, 0.15) is 76.2 Å². The van der Waals surface area contributed by atoms with Crippen LogP contribution in [0, 0.1) is 5.92 Å². The number of aromatic nitrogens is 1. The lowest BCUT2D eigenvalue weighted by atomic mass is 9.99. The monoisotopic (exact) mass is 649 g/mol. The van der Waals surface area contributed by atoms with Gasteiger partial charge in [0.2, 0.25) is 10.0 Å². The third-order valence-electron chi connectivity index (χ3n) is 8.68. The van der Waals surface area contributed by atoms with E-state index in [9.17, 15) is 18.0 Å². The fraction of sp³-hybridized carbons (Fsp3) is 0.645. The second kappa shape index (κ2) is 13.8. The summed E-state index contributed by atoms with van der Waals surface area (Å²) in [5, 5.41) is 10.3. The molecule has 13 heteroatoms. The predicted octanol–water partition coefficient (Wildman–Crippen LogP) is 4.68. The third-order valence-corrected chi connectivity index (χ3v) is 11.1. The zero-order valence-corrected chi connectivity index (χ0v) is 27.3. The highest BCUT2D eigenvalue weighted by Gasteiger charge is 2.47. The first-order valence-corrected chi connectivity index (χ1v) is 17.6. The lowest BCUT2D eigenvalue weighted by Gasteiger charge is -2.39. The molecule has 1 aromatic heterocycles. The Morgan fingerprint density at radius 2 is 1.77 bits per heavy atom. The number of hydrogen-bond acceptors (Lipinski definition) is 8. The normalized spacial score (nSPS) is 23.4. The number of halogens is 1. The van der Waals surface area contributed by atoms with Gasteiger partial charge in [-0.1, -0.05) is 28.9 Å². The maximum absolute atomic E-state index is 13.6. The Balaban J connectivity index is 1.06. The average Bonchev–Trinajstić information content (AvgIpc) is 3.55. The summed E-state index contributed by atoms with van der Waals surface area (Å²) < 4.78 is 39.7. The maximum atomic E-state index is 13.6. The smallest absolute Gasteiger partial charge is 0.407 e. The summed E-state index contributed by atoms with van der Waals surface area (Å²) in [7, 11) is -3.42. The van der Waals surface area contributed by atoms with Crippen molar-refractivity contribution in [3.63, 3.8) is 0 Å². The molecule has 0 spiro atoms. The molecule has 3 atom stereocenters. The van der Waals surface area contributed by atoms with Gasteiger partial charge in [-0.2, -0.15) is 4.31 Å². The molecule has 1 aromatic carbocycles. The first-order chi connectivity index (χ1) is 20.9. The zero-order valence-electron chi connectivity index (χ0n) is 25.8. The SMILES string of the molecule is CC(C)(C)OC(=O)NCCCN1CCC(CS(=O)(=O)N2[C@@H]3CC[C@H]2CC(NC(=O)c2cc(-c4ccccc4Cl)on2)C3)CC1. The van der Waals surface area contributed by atoms with E-state index in [1.807, 2.05) is 32.9 Å². The summed E-state index contributed by atoms with van der Waals surface area (Å²) in [4.78, 5) is 27.1. The van der Waals surface area contributed by atoms with Crippen molar-refractivity contribution < 1.29 is 27.3 Å². The number of piperidine rings is 2. The first kappa shape index (κ1) is 32.7. The van der Waals surface area contributed by atoms with Crippen LogP contribution in [-0.4, -0.2) is 90.4 Å². The van der Waals surface area contributed by atoms with E-state index in [4.69, 9.17) is 20.9 Å². The highest BCUT2D eigenvalue weighted by molar-refractivity contribution is 7.89. The molecule has 3 aliphatic rings. The van der Waals surface area contributed by atoms with Gasteiger partial charge < -0.3 is 24.8 Å². The van der Waals surface area contributed by atoms with E-state index < -0.39 is 21.7 Å². The zero-order chi connectivity index (χ0) is 31.5. The molecule has 242 valence electrons. The number of carbonyl (C=O) groups excluding carboxylic acids is 2. The molecular weight excluding hydrogens is 606 g/mol. The van der Waals surface area contributed by atoms with Crippen molar-refractivity contribution in [2.45, 2.75) is 89.4 Å². The summed E-state index contributed by atoms with van der Waals surface area (Å²) in [5.74, 6) is 0.393. The number of alkyl carbamates (subject to hydrolysis) is 1. The third kappa shape index (κ3) is 8.32. The van der Waals surface area contributed by atoms with E-state index in [2.05, 4.69) is 20.7 Å². The fourth-order valence-corrected chi connectivity index (χ4v) is 9.33. The molecule has 44 heavy (non-hydrogen) atoms. The predicted molar refractivity (Wildman–Crippen MR) is 168 cm³/mol. The van der Waals surface area contributed by atoms with Crippen LogP contribution in [0.5, 0.6) is 0 Å². The molecule has 4 heterocycles. The van der Waals surface area contributed by atoms with Gasteiger partial charge >= 0.3 is 6.09 Å². The van der Waals surface area contributed by atoms with Gasteiger partial charge in [-0.05, 0) is 103 Å². The quantitative estimate of drug-likeness (QED) is 0.355. The Hall–Kier alpha value is -2.67. The van der Waals surface area contributed by atoms with Crippen LogP contribution < -0.4 is 10.6 Å². The van der Waals surface area contributed by atoms with E-state index in [1.54, 1.807) is 22.5 Å². The summed E-state index contributed by atoms with van der Waals surface area (Å²) in [6, 6.07) is 8.46. The summed E-state index contributed by atoms with van der Waals surface area (Å²) >= 11 is 6.25. The van der Waals surface area contributed by atoms with Crippen LogP contribution in [0.25, 0.3) is 11.3 Å². The largest absolute Gasteiger partial charge is 0.444 e. The topological polar surface area (TPSA) is 134 Å². The van der Waals surface area contributed by atoms with Crippen LogP contribution in [0.3, 0.4) is 0 Å². The van der Waals surface area contributed by atoms with Crippen molar-refractivity contribution in [1.29, 1.82) is 0 Å². The lowest BCUT2D eigenvalue weighted by Crippen LogP contribution is -2.53. The number of likely N-dealkylation sites (tertiary alicyclic amines) is 1. The Bertz CT molecular complexity index is 1400. The van der Waals surface area contributed by atoms with Crippen molar-refractivity contribution in [2.75, 3.05) is 31.9 Å². The minimum atomic E-state index is -3.42.